The van der Waals surface area contributed by atoms with Crippen LogP contribution in [0.1, 0.15) is 42.4 Å². The van der Waals surface area contributed by atoms with Crippen molar-refractivity contribution in [1.29, 1.82) is 0 Å². The van der Waals surface area contributed by atoms with E-state index in [0.29, 0.717) is 22.8 Å². The van der Waals surface area contributed by atoms with Crippen LogP contribution in [0.3, 0.4) is 0 Å². The molecule has 3 unspecified atom stereocenters. The Hall–Kier alpha value is -0.870. The molecular weight excluding hydrogens is 246 g/mol. The molecule has 0 aliphatic carbocycles. The molecule has 0 saturated carbocycles. The van der Waals surface area contributed by atoms with Crippen LogP contribution >= 0.6 is 11.3 Å². The first-order chi connectivity index (χ1) is 8.49. The van der Waals surface area contributed by atoms with Gasteiger partial charge in [0.1, 0.15) is 4.88 Å². The number of piperidine rings is 1. The van der Waals surface area contributed by atoms with Gasteiger partial charge in [-0.05, 0) is 42.2 Å². The number of carboxylic acid groups (broad SMARTS) is 1. The normalized spacial score (nSPS) is 29.4. The smallest absolute Gasteiger partial charge is 0.346 e. The Bertz CT molecular complexity index is 429. The molecule has 0 radical (unpaired) electrons. The molecule has 0 spiro atoms. The second-order valence-electron chi connectivity index (χ2n) is 5.57. The lowest BCUT2D eigenvalue weighted by atomic mass is 9.86. The number of hydrogen-bond acceptors (Lipinski definition) is 3. The molecule has 1 aromatic rings. The fourth-order valence-electron chi connectivity index (χ4n) is 2.91. The second-order valence-corrected chi connectivity index (χ2v) is 6.48. The van der Waals surface area contributed by atoms with Crippen molar-refractivity contribution in [1.82, 2.24) is 4.90 Å². The highest BCUT2D eigenvalue weighted by molar-refractivity contribution is 7.12. The molecule has 4 heteroatoms. The molecule has 0 amide bonds. The Morgan fingerprint density at radius 2 is 2.22 bits per heavy atom. The zero-order chi connectivity index (χ0) is 13.3. The Labute approximate surface area is 112 Å². The van der Waals surface area contributed by atoms with Crippen LogP contribution in [-0.2, 0) is 6.54 Å². The van der Waals surface area contributed by atoms with E-state index >= 15 is 0 Å². The van der Waals surface area contributed by atoms with Crippen LogP contribution in [0, 0.1) is 11.8 Å². The van der Waals surface area contributed by atoms with E-state index in [4.69, 9.17) is 5.11 Å². The van der Waals surface area contributed by atoms with Gasteiger partial charge in [-0.1, -0.05) is 13.8 Å². The van der Waals surface area contributed by atoms with Gasteiger partial charge in [0.2, 0.25) is 0 Å². The Morgan fingerprint density at radius 3 is 2.89 bits per heavy atom. The van der Waals surface area contributed by atoms with Gasteiger partial charge in [0.05, 0.1) is 0 Å². The molecule has 0 bridgehead atoms. The third-order valence-electron chi connectivity index (χ3n) is 4.03. The SMILES string of the molecule is CC1CC(C)C(C)N(Cc2ccsc2C(=O)O)C1. The average Bonchev–Trinajstić information content (AvgIpc) is 2.73. The van der Waals surface area contributed by atoms with Crippen LogP contribution in [0.5, 0.6) is 0 Å². The van der Waals surface area contributed by atoms with Gasteiger partial charge < -0.3 is 5.11 Å². The van der Waals surface area contributed by atoms with E-state index in [1.54, 1.807) is 0 Å². The number of hydrogen-bond donors (Lipinski definition) is 1. The summed E-state index contributed by atoms with van der Waals surface area (Å²) in [6.45, 7) is 8.66. The molecular formula is C14H21NO2S. The van der Waals surface area contributed by atoms with Crippen molar-refractivity contribution >= 4 is 17.3 Å². The summed E-state index contributed by atoms with van der Waals surface area (Å²) in [4.78, 5) is 14.0. The molecule has 1 saturated heterocycles. The minimum Gasteiger partial charge on any atom is -0.477 e. The van der Waals surface area contributed by atoms with Gasteiger partial charge in [-0.2, -0.15) is 0 Å². The molecule has 1 fully saturated rings. The highest BCUT2D eigenvalue weighted by Gasteiger charge is 2.29. The lowest BCUT2D eigenvalue weighted by molar-refractivity contribution is 0.0671. The summed E-state index contributed by atoms with van der Waals surface area (Å²) in [5.74, 6) is 0.578. The number of carbonyl (C=O) groups is 1. The van der Waals surface area contributed by atoms with E-state index in [9.17, 15) is 4.79 Å². The second kappa shape index (κ2) is 5.41. The maximum Gasteiger partial charge on any atom is 0.346 e. The monoisotopic (exact) mass is 267 g/mol. The van der Waals surface area contributed by atoms with Crippen molar-refractivity contribution in [2.45, 2.75) is 39.8 Å². The lowest BCUT2D eigenvalue weighted by Gasteiger charge is -2.41. The van der Waals surface area contributed by atoms with Crippen molar-refractivity contribution in [2.24, 2.45) is 11.8 Å². The van der Waals surface area contributed by atoms with Crippen LogP contribution in [0.2, 0.25) is 0 Å². The predicted molar refractivity (Wildman–Crippen MR) is 74.1 cm³/mol. The minimum atomic E-state index is -0.800. The first-order valence-corrected chi connectivity index (χ1v) is 7.40. The van der Waals surface area contributed by atoms with Gasteiger partial charge in [0, 0.05) is 19.1 Å². The van der Waals surface area contributed by atoms with Crippen molar-refractivity contribution in [2.75, 3.05) is 6.54 Å². The van der Waals surface area contributed by atoms with E-state index in [2.05, 4.69) is 25.7 Å². The molecule has 3 atom stereocenters. The van der Waals surface area contributed by atoms with Crippen molar-refractivity contribution in [3.05, 3.63) is 21.9 Å². The van der Waals surface area contributed by atoms with Crippen LogP contribution in [-0.4, -0.2) is 28.6 Å². The molecule has 18 heavy (non-hydrogen) atoms. The van der Waals surface area contributed by atoms with Gasteiger partial charge in [-0.3, -0.25) is 4.90 Å². The number of nitrogens with zero attached hydrogens (tertiary/aromatic N) is 1. The van der Waals surface area contributed by atoms with Gasteiger partial charge in [0.15, 0.2) is 0 Å². The maximum absolute atomic E-state index is 11.1. The van der Waals surface area contributed by atoms with E-state index in [1.807, 2.05) is 11.4 Å². The quantitative estimate of drug-likeness (QED) is 0.913. The van der Waals surface area contributed by atoms with E-state index in [-0.39, 0.29) is 0 Å². The molecule has 1 aliphatic heterocycles. The molecule has 2 rings (SSSR count). The summed E-state index contributed by atoms with van der Waals surface area (Å²) >= 11 is 1.32. The first-order valence-electron chi connectivity index (χ1n) is 6.52. The largest absolute Gasteiger partial charge is 0.477 e. The molecule has 0 aromatic carbocycles. The molecule has 2 heterocycles. The van der Waals surface area contributed by atoms with Crippen LogP contribution in [0.4, 0.5) is 0 Å². The highest BCUT2D eigenvalue weighted by Crippen LogP contribution is 2.29. The standard InChI is InChI=1S/C14H21NO2S/c1-9-6-10(2)11(3)15(7-9)8-12-4-5-18-13(12)14(16)17/h4-5,9-11H,6-8H2,1-3H3,(H,16,17). The predicted octanol–water partition coefficient (Wildman–Crippen LogP) is 3.31. The summed E-state index contributed by atoms with van der Waals surface area (Å²) in [7, 11) is 0. The van der Waals surface area contributed by atoms with Gasteiger partial charge in [-0.15, -0.1) is 11.3 Å². The molecule has 1 N–H and O–H groups in total. The summed E-state index contributed by atoms with van der Waals surface area (Å²) in [5, 5.41) is 11.0. The Balaban J connectivity index is 2.12. The third kappa shape index (κ3) is 2.75. The lowest BCUT2D eigenvalue weighted by Crippen LogP contribution is -2.45. The Morgan fingerprint density at radius 1 is 1.50 bits per heavy atom. The zero-order valence-electron chi connectivity index (χ0n) is 11.2. The third-order valence-corrected chi connectivity index (χ3v) is 4.98. The van der Waals surface area contributed by atoms with E-state index < -0.39 is 5.97 Å². The minimum absolute atomic E-state index is 0.494. The van der Waals surface area contributed by atoms with Gasteiger partial charge in [-0.25, -0.2) is 4.79 Å². The average molecular weight is 267 g/mol. The maximum atomic E-state index is 11.1. The van der Waals surface area contributed by atoms with Crippen molar-refractivity contribution in [3.8, 4) is 0 Å². The number of carboxylic acids is 1. The fraction of sp³-hybridized carbons (Fsp3) is 0.643. The topological polar surface area (TPSA) is 40.5 Å². The fourth-order valence-corrected chi connectivity index (χ4v) is 3.66. The number of thiophene rings is 1. The summed E-state index contributed by atoms with van der Waals surface area (Å²) in [5.41, 5.74) is 0.959. The number of aromatic carboxylic acids is 1. The number of rotatable bonds is 3. The van der Waals surface area contributed by atoms with Crippen LogP contribution in [0.25, 0.3) is 0 Å². The zero-order valence-corrected chi connectivity index (χ0v) is 12.0. The molecule has 100 valence electrons. The highest BCUT2D eigenvalue weighted by atomic mass is 32.1. The summed E-state index contributed by atoms with van der Waals surface area (Å²) < 4.78 is 0. The van der Waals surface area contributed by atoms with E-state index in [1.165, 1.54) is 17.8 Å². The molecule has 1 aromatic heterocycles. The van der Waals surface area contributed by atoms with Crippen LogP contribution < -0.4 is 0 Å². The van der Waals surface area contributed by atoms with E-state index in [0.717, 1.165) is 18.7 Å². The summed E-state index contributed by atoms with van der Waals surface area (Å²) in [6.07, 6.45) is 1.27. The Kier molecular flexibility index (Phi) is 4.07. The first kappa shape index (κ1) is 13.6. The summed E-state index contributed by atoms with van der Waals surface area (Å²) in [6, 6.07) is 2.48. The van der Waals surface area contributed by atoms with Gasteiger partial charge in [0.25, 0.3) is 0 Å². The number of likely N-dealkylation sites (tertiary alicyclic amines) is 1. The van der Waals surface area contributed by atoms with Crippen molar-refractivity contribution in [3.63, 3.8) is 0 Å². The molecule has 3 nitrogen and oxygen atoms in total. The molecule has 1 aliphatic rings. The van der Waals surface area contributed by atoms with Crippen molar-refractivity contribution < 1.29 is 9.90 Å². The van der Waals surface area contributed by atoms with Gasteiger partial charge >= 0.3 is 5.97 Å². The van der Waals surface area contributed by atoms with Crippen LogP contribution in [0.15, 0.2) is 11.4 Å².